The SMILES string of the molecule is CNS(=O)(=O)c1ccc(Cc2ccc(C(F)(F)F)cc2)c(-c2nnn(CCO)n2)c1.CNS(=O)(=O)c1ccc(Cc2ccc(C(F)(F)F)cc2)c(-c2nnn(CCOCc3ccccc3)n2)c1. The lowest BCUT2D eigenvalue weighted by molar-refractivity contribution is -0.138. The van der Waals surface area contributed by atoms with Crippen LogP contribution in [0.2, 0.25) is 0 Å². The molecule has 24 heteroatoms. The maximum absolute atomic E-state index is 12.9. The van der Waals surface area contributed by atoms with Crippen molar-refractivity contribution in [1.82, 2.24) is 49.9 Å². The number of halogens is 6. The van der Waals surface area contributed by atoms with Crippen LogP contribution in [0.15, 0.2) is 125 Å². The first kappa shape index (κ1) is 50.0. The van der Waals surface area contributed by atoms with Crippen LogP contribution in [-0.2, 0) is 69.7 Å². The van der Waals surface area contributed by atoms with Crippen molar-refractivity contribution in [3.05, 3.63) is 154 Å². The Labute approximate surface area is 380 Å². The Hall–Kier alpha value is -6.44. The molecule has 2 aromatic heterocycles. The largest absolute Gasteiger partial charge is 0.416 e. The van der Waals surface area contributed by atoms with Crippen LogP contribution in [0.1, 0.15) is 38.9 Å². The number of aliphatic hydroxyl groups excluding tert-OH is 1. The molecule has 0 spiro atoms. The Morgan fingerprint density at radius 3 is 1.42 bits per heavy atom. The molecule has 0 aliphatic heterocycles. The van der Waals surface area contributed by atoms with Gasteiger partial charge in [0.25, 0.3) is 0 Å². The fourth-order valence-electron chi connectivity index (χ4n) is 6.36. The normalized spacial score (nSPS) is 12.2. The topological polar surface area (TPSA) is 209 Å². The summed E-state index contributed by atoms with van der Waals surface area (Å²) in [6, 6.07) is 28.0. The lowest BCUT2D eigenvalue weighted by Crippen LogP contribution is -2.18. The molecule has 0 amide bonds. The minimum Gasteiger partial charge on any atom is -0.394 e. The van der Waals surface area contributed by atoms with Crippen LogP contribution in [0.3, 0.4) is 0 Å². The predicted molar refractivity (Wildman–Crippen MR) is 231 cm³/mol. The van der Waals surface area contributed by atoms with E-state index in [4.69, 9.17) is 9.84 Å². The molecule has 3 N–H and O–H groups in total. The van der Waals surface area contributed by atoms with Gasteiger partial charge in [0, 0.05) is 11.1 Å². The first-order valence-corrected chi connectivity index (χ1v) is 23.0. The highest BCUT2D eigenvalue weighted by Gasteiger charge is 2.31. The third-order valence-electron chi connectivity index (χ3n) is 9.91. The van der Waals surface area contributed by atoms with E-state index in [1.807, 2.05) is 30.3 Å². The Kier molecular flexibility index (Phi) is 16.0. The van der Waals surface area contributed by atoms with Crippen LogP contribution in [0.4, 0.5) is 26.3 Å². The molecule has 7 rings (SSSR count). The average molecular weight is 973 g/mol. The zero-order valence-corrected chi connectivity index (χ0v) is 37.2. The van der Waals surface area contributed by atoms with Gasteiger partial charge in [-0.3, -0.25) is 0 Å². The van der Waals surface area contributed by atoms with Crippen molar-refractivity contribution in [2.24, 2.45) is 0 Å². The van der Waals surface area contributed by atoms with Crippen LogP contribution in [-0.4, -0.2) is 89.7 Å². The molecule has 0 bridgehead atoms. The van der Waals surface area contributed by atoms with E-state index in [1.165, 1.54) is 67.4 Å². The molecule has 0 unspecified atom stereocenters. The van der Waals surface area contributed by atoms with Crippen molar-refractivity contribution in [2.75, 3.05) is 27.3 Å². The molecular weight excluding hydrogens is 931 g/mol. The number of nitrogens with one attached hydrogen (secondary N) is 2. The number of ether oxygens (including phenoxy) is 1. The number of nitrogens with zero attached hydrogens (tertiary/aromatic N) is 8. The highest BCUT2D eigenvalue weighted by molar-refractivity contribution is 7.89. The smallest absolute Gasteiger partial charge is 0.394 e. The summed E-state index contributed by atoms with van der Waals surface area (Å²) in [4.78, 5) is 2.50. The molecule has 16 nitrogen and oxygen atoms in total. The first-order chi connectivity index (χ1) is 31.8. The number of aliphatic hydroxyl groups is 1. The summed E-state index contributed by atoms with van der Waals surface area (Å²) < 4.78 is 136. The zero-order valence-electron chi connectivity index (χ0n) is 35.6. The quantitative estimate of drug-likeness (QED) is 0.0718. The number of benzene rings is 5. The molecule has 0 radical (unpaired) electrons. The molecular formula is C43H42F6N10O6S2. The van der Waals surface area contributed by atoms with Crippen molar-refractivity contribution in [3.63, 3.8) is 0 Å². The summed E-state index contributed by atoms with van der Waals surface area (Å²) in [6.07, 6.45) is -8.40. The van der Waals surface area contributed by atoms with E-state index in [9.17, 15) is 43.2 Å². The Bertz CT molecular complexity index is 2970. The first-order valence-electron chi connectivity index (χ1n) is 20.0. The third-order valence-corrected chi connectivity index (χ3v) is 12.7. The molecule has 0 atom stereocenters. The Balaban J connectivity index is 0.000000226. The second-order valence-corrected chi connectivity index (χ2v) is 18.2. The zero-order chi connectivity index (χ0) is 48.4. The van der Waals surface area contributed by atoms with Gasteiger partial charge in [0.2, 0.25) is 31.7 Å². The van der Waals surface area contributed by atoms with Crippen molar-refractivity contribution < 1.29 is 53.0 Å². The van der Waals surface area contributed by atoms with Crippen molar-refractivity contribution in [1.29, 1.82) is 0 Å². The number of hydrogen-bond acceptors (Lipinski definition) is 12. The highest BCUT2D eigenvalue weighted by atomic mass is 32.2. The number of aromatic nitrogens is 8. The monoisotopic (exact) mass is 972 g/mol. The summed E-state index contributed by atoms with van der Waals surface area (Å²) >= 11 is 0. The van der Waals surface area contributed by atoms with Gasteiger partial charge in [-0.05, 0) is 114 Å². The third kappa shape index (κ3) is 13.4. The number of alkyl halides is 6. The van der Waals surface area contributed by atoms with E-state index in [2.05, 4.69) is 40.3 Å². The second kappa shape index (κ2) is 21.5. The van der Waals surface area contributed by atoms with Gasteiger partial charge < -0.3 is 9.84 Å². The average Bonchev–Trinajstić information content (AvgIpc) is 3.99. The molecule has 5 aromatic carbocycles. The van der Waals surface area contributed by atoms with E-state index in [0.717, 1.165) is 34.6 Å². The van der Waals surface area contributed by atoms with Gasteiger partial charge in [-0.25, -0.2) is 26.3 Å². The maximum Gasteiger partial charge on any atom is 0.416 e. The van der Waals surface area contributed by atoms with E-state index in [1.54, 1.807) is 12.1 Å². The summed E-state index contributed by atoms with van der Waals surface area (Å²) in [6.45, 7) is 0.988. The Morgan fingerprint density at radius 2 is 1.01 bits per heavy atom. The van der Waals surface area contributed by atoms with Crippen LogP contribution in [0.5, 0.6) is 0 Å². The molecule has 0 saturated heterocycles. The fraction of sp³-hybridized carbons (Fsp3) is 0.256. The lowest BCUT2D eigenvalue weighted by atomic mass is 9.98. The van der Waals surface area contributed by atoms with Crippen LogP contribution >= 0.6 is 0 Å². The van der Waals surface area contributed by atoms with E-state index in [0.29, 0.717) is 53.1 Å². The van der Waals surface area contributed by atoms with Crippen molar-refractivity contribution in [3.8, 4) is 22.8 Å². The van der Waals surface area contributed by atoms with Gasteiger partial charge in [-0.2, -0.15) is 35.9 Å². The van der Waals surface area contributed by atoms with Gasteiger partial charge in [0.15, 0.2) is 0 Å². The summed E-state index contributed by atoms with van der Waals surface area (Å²) in [7, 11) is -4.92. The van der Waals surface area contributed by atoms with Gasteiger partial charge in [0.1, 0.15) is 0 Å². The van der Waals surface area contributed by atoms with Crippen LogP contribution in [0.25, 0.3) is 22.8 Å². The maximum atomic E-state index is 12.9. The van der Waals surface area contributed by atoms with E-state index < -0.39 is 43.5 Å². The molecule has 2 heterocycles. The van der Waals surface area contributed by atoms with E-state index in [-0.39, 0.29) is 47.4 Å². The molecule has 0 saturated carbocycles. The molecule has 0 fully saturated rings. The van der Waals surface area contributed by atoms with Gasteiger partial charge in [-0.15, -0.1) is 20.4 Å². The molecule has 354 valence electrons. The molecule has 7 aromatic rings. The summed E-state index contributed by atoms with van der Waals surface area (Å²) in [5, 5.41) is 33.4. The number of hydrogen-bond donors (Lipinski definition) is 3. The standard InChI is InChI=1S/C25H24F3N5O3S.C18H18F3N5O3S/c1-29-37(34,35)22-12-9-20(15-18-7-10-21(11-8-18)25(26,27)28)23(16-22)24-30-32-33(31-24)13-14-36-17-19-5-3-2-4-6-19;1-22-30(28,29)15-7-4-13(10-12-2-5-14(6-3-12)18(19,20)21)16(11-15)17-23-25-26(24-17)8-9-27/h2-12,16,29H,13-15,17H2,1H3;2-7,11,22,27H,8-10H2,1H3. The van der Waals surface area contributed by atoms with Gasteiger partial charge in [0.05, 0.1) is 53.8 Å². The Morgan fingerprint density at radius 1 is 0.582 bits per heavy atom. The van der Waals surface area contributed by atoms with Crippen LogP contribution in [0, 0.1) is 0 Å². The predicted octanol–water partition coefficient (Wildman–Crippen LogP) is 5.92. The fourth-order valence-corrected chi connectivity index (χ4v) is 7.87. The van der Waals surface area contributed by atoms with Crippen molar-refractivity contribution >= 4 is 20.0 Å². The number of sulfonamides is 2. The van der Waals surface area contributed by atoms with Crippen LogP contribution < -0.4 is 9.44 Å². The molecule has 0 aliphatic carbocycles. The minimum atomic E-state index is -4.43. The van der Waals surface area contributed by atoms with Gasteiger partial charge in [-0.1, -0.05) is 66.7 Å². The number of tetrazole rings is 2. The van der Waals surface area contributed by atoms with Gasteiger partial charge >= 0.3 is 12.4 Å². The molecule has 67 heavy (non-hydrogen) atoms. The lowest BCUT2D eigenvalue weighted by Gasteiger charge is -2.11. The number of rotatable bonds is 17. The molecule has 0 aliphatic rings. The second-order valence-electron chi connectivity index (χ2n) is 14.5. The minimum absolute atomic E-state index is 0.00344. The van der Waals surface area contributed by atoms with E-state index >= 15 is 0 Å². The van der Waals surface area contributed by atoms with Crippen molar-refractivity contribution in [2.45, 2.75) is 54.7 Å². The highest BCUT2D eigenvalue weighted by Crippen LogP contribution is 2.32. The summed E-state index contributed by atoms with van der Waals surface area (Å²) in [5.74, 6) is 0.330. The summed E-state index contributed by atoms with van der Waals surface area (Å²) in [5.41, 5.74) is 2.76.